The summed E-state index contributed by atoms with van der Waals surface area (Å²) in [6.07, 6.45) is 1.19. The molecule has 0 saturated carbocycles. The van der Waals surface area contributed by atoms with Crippen molar-refractivity contribution in [1.82, 2.24) is 9.80 Å². The second kappa shape index (κ2) is 8.75. The molecule has 0 aromatic heterocycles. The van der Waals surface area contributed by atoms with Gasteiger partial charge in [-0.3, -0.25) is 4.79 Å². The lowest BCUT2D eigenvalue weighted by molar-refractivity contribution is -0.139. The molecule has 0 atom stereocenters. The number of halogens is 1. The molecule has 2 rings (SSSR count). The maximum absolute atomic E-state index is 12.4. The smallest absolute Gasteiger partial charge is 0.341 e. The molecule has 0 aliphatic carbocycles. The quantitative estimate of drug-likeness (QED) is 0.811. The van der Waals surface area contributed by atoms with Crippen molar-refractivity contribution in [3.8, 4) is 5.75 Å². The van der Waals surface area contributed by atoms with Crippen LogP contribution in [0.5, 0.6) is 5.75 Å². The monoisotopic (exact) mass is 383 g/mol. The predicted octanol–water partition coefficient (Wildman–Crippen LogP) is 2.14. The van der Waals surface area contributed by atoms with Crippen LogP contribution in [0.1, 0.15) is 12.8 Å². The van der Waals surface area contributed by atoms with Crippen molar-refractivity contribution in [2.45, 2.75) is 12.8 Å². The van der Waals surface area contributed by atoms with Crippen LogP contribution in [-0.2, 0) is 9.59 Å². The summed E-state index contributed by atoms with van der Waals surface area (Å²) < 4.78 is 5.04. The normalized spacial score (nSPS) is 14.7. The lowest BCUT2D eigenvalue weighted by Crippen LogP contribution is -2.45. The first-order chi connectivity index (χ1) is 12.3. The number of urea groups is 1. The summed E-state index contributed by atoms with van der Waals surface area (Å²) in [5.74, 6) is -1.17. The number of carboxylic acids is 1. The zero-order valence-electron chi connectivity index (χ0n) is 14.7. The molecular weight excluding hydrogens is 362 g/mol. The fraction of sp³-hybridized carbons (Fsp3) is 0.471. The molecule has 0 unspecified atom stereocenters. The zero-order valence-corrected chi connectivity index (χ0v) is 15.5. The molecule has 2 N–H and O–H groups in total. The summed E-state index contributed by atoms with van der Waals surface area (Å²) in [6, 6.07) is 4.58. The Hall–Kier alpha value is -2.48. The van der Waals surface area contributed by atoms with Gasteiger partial charge in [0.15, 0.2) is 6.61 Å². The van der Waals surface area contributed by atoms with Crippen LogP contribution in [0.15, 0.2) is 18.2 Å². The zero-order chi connectivity index (χ0) is 19.3. The Balaban J connectivity index is 1.89. The molecule has 3 amide bonds. The number of ether oxygens (including phenoxy) is 1. The molecule has 8 nitrogen and oxygen atoms in total. The minimum atomic E-state index is -1.10. The standard InChI is InChI=1S/C17H22ClN3O5/c1-20(2)17(25)21-7-5-11(6-8-21)16(24)19-12-3-4-14(13(18)9-12)26-10-15(22)23/h3-4,9,11H,5-8,10H2,1-2H3,(H,19,24)(H,22,23). The molecule has 0 radical (unpaired) electrons. The van der Waals surface area contributed by atoms with Crippen LogP contribution in [0.2, 0.25) is 5.02 Å². The predicted molar refractivity (Wildman–Crippen MR) is 96.6 cm³/mol. The fourth-order valence-electron chi connectivity index (χ4n) is 2.70. The van der Waals surface area contributed by atoms with Gasteiger partial charge in [-0.15, -0.1) is 0 Å². The lowest BCUT2D eigenvalue weighted by Gasteiger charge is -2.33. The number of benzene rings is 1. The van der Waals surface area contributed by atoms with E-state index < -0.39 is 12.6 Å². The third-order valence-electron chi connectivity index (χ3n) is 4.07. The van der Waals surface area contributed by atoms with Crippen molar-refractivity contribution < 1.29 is 24.2 Å². The van der Waals surface area contributed by atoms with E-state index in [1.165, 1.54) is 17.0 Å². The van der Waals surface area contributed by atoms with Crippen LogP contribution in [0.3, 0.4) is 0 Å². The molecule has 1 aliphatic rings. The average molecular weight is 384 g/mol. The third kappa shape index (κ3) is 5.26. The summed E-state index contributed by atoms with van der Waals surface area (Å²) in [5, 5.41) is 11.6. The minimum absolute atomic E-state index is 0.0485. The SMILES string of the molecule is CN(C)C(=O)N1CCC(C(=O)Nc2ccc(OCC(=O)O)c(Cl)c2)CC1. The van der Waals surface area contributed by atoms with E-state index in [9.17, 15) is 14.4 Å². The highest BCUT2D eigenvalue weighted by molar-refractivity contribution is 6.32. The number of nitrogens with zero attached hydrogens (tertiary/aromatic N) is 2. The lowest BCUT2D eigenvalue weighted by atomic mass is 9.96. The molecule has 26 heavy (non-hydrogen) atoms. The van der Waals surface area contributed by atoms with Gasteiger partial charge >= 0.3 is 12.0 Å². The molecule has 1 saturated heterocycles. The van der Waals surface area contributed by atoms with E-state index in [-0.39, 0.29) is 28.6 Å². The van der Waals surface area contributed by atoms with Crippen molar-refractivity contribution in [3.63, 3.8) is 0 Å². The number of aliphatic carboxylic acids is 1. The maximum Gasteiger partial charge on any atom is 0.341 e. The van der Waals surface area contributed by atoms with Gasteiger partial charge in [-0.1, -0.05) is 11.6 Å². The fourth-order valence-corrected chi connectivity index (χ4v) is 2.93. The van der Waals surface area contributed by atoms with Gasteiger partial charge in [-0.2, -0.15) is 0 Å². The van der Waals surface area contributed by atoms with Gasteiger partial charge < -0.3 is 25.0 Å². The minimum Gasteiger partial charge on any atom is -0.480 e. The number of likely N-dealkylation sites (tertiary alicyclic amines) is 1. The summed E-state index contributed by atoms with van der Waals surface area (Å²) >= 11 is 6.05. The van der Waals surface area contributed by atoms with Crippen molar-refractivity contribution in [3.05, 3.63) is 23.2 Å². The van der Waals surface area contributed by atoms with E-state index >= 15 is 0 Å². The molecule has 142 valence electrons. The summed E-state index contributed by atoms with van der Waals surface area (Å²) in [4.78, 5) is 38.1. The van der Waals surface area contributed by atoms with Crippen LogP contribution < -0.4 is 10.1 Å². The number of carbonyl (C=O) groups excluding carboxylic acids is 2. The van der Waals surface area contributed by atoms with Crippen molar-refractivity contribution >= 4 is 35.2 Å². The first kappa shape index (κ1) is 19.8. The van der Waals surface area contributed by atoms with E-state index in [1.54, 1.807) is 25.1 Å². The van der Waals surface area contributed by atoms with Gasteiger partial charge in [0.25, 0.3) is 0 Å². The molecule has 0 bridgehead atoms. The van der Waals surface area contributed by atoms with Crippen LogP contribution in [-0.4, -0.2) is 66.6 Å². The maximum atomic E-state index is 12.4. The topological polar surface area (TPSA) is 99.2 Å². The van der Waals surface area contributed by atoms with E-state index in [2.05, 4.69) is 5.32 Å². The van der Waals surface area contributed by atoms with E-state index in [4.69, 9.17) is 21.4 Å². The van der Waals surface area contributed by atoms with Gasteiger partial charge in [0.05, 0.1) is 5.02 Å². The summed E-state index contributed by atoms with van der Waals surface area (Å²) in [5.41, 5.74) is 0.509. The second-order valence-corrected chi connectivity index (χ2v) is 6.66. The number of carbonyl (C=O) groups is 3. The van der Waals surface area contributed by atoms with E-state index in [1.807, 2.05) is 0 Å². The molecule has 1 aliphatic heterocycles. The Kier molecular flexibility index (Phi) is 6.68. The van der Waals surface area contributed by atoms with Gasteiger partial charge in [0, 0.05) is 38.8 Å². The Labute approximate surface area is 156 Å². The largest absolute Gasteiger partial charge is 0.480 e. The number of piperidine rings is 1. The number of rotatable bonds is 5. The van der Waals surface area contributed by atoms with Crippen LogP contribution in [0.4, 0.5) is 10.5 Å². The number of anilines is 1. The van der Waals surface area contributed by atoms with Crippen LogP contribution in [0, 0.1) is 5.92 Å². The average Bonchev–Trinajstić information content (AvgIpc) is 2.60. The Bertz CT molecular complexity index is 687. The molecule has 1 heterocycles. The summed E-state index contributed by atoms with van der Waals surface area (Å²) in [6.45, 7) is 0.589. The Morgan fingerprint density at radius 2 is 1.96 bits per heavy atom. The summed E-state index contributed by atoms with van der Waals surface area (Å²) in [7, 11) is 3.41. The van der Waals surface area contributed by atoms with Crippen molar-refractivity contribution in [1.29, 1.82) is 0 Å². The molecular formula is C17H22ClN3O5. The third-order valence-corrected chi connectivity index (χ3v) is 4.36. The first-order valence-electron chi connectivity index (χ1n) is 8.19. The Morgan fingerprint density at radius 3 is 2.50 bits per heavy atom. The Morgan fingerprint density at radius 1 is 1.31 bits per heavy atom. The van der Waals surface area contributed by atoms with Gasteiger partial charge in [-0.25, -0.2) is 9.59 Å². The molecule has 1 fully saturated rings. The van der Waals surface area contributed by atoms with Crippen molar-refractivity contribution in [2.75, 3.05) is 39.1 Å². The highest BCUT2D eigenvalue weighted by atomic mass is 35.5. The van der Waals surface area contributed by atoms with Gasteiger partial charge in [0.2, 0.25) is 5.91 Å². The number of hydrogen-bond donors (Lipinski definition) is 2. The number of hydrogen-bond acceptors (Lipinski definition) is 4. The van der Waals surface area contributed by atoms with Crippen LogP contribution >= 0.6 is 11.6 Å². The van der Waals surface area contributed by atoms with Crippen molar-refractivity contribution in [2.24, 2.45) is 5.92 Å². The number of nitrogens with one attached hydrogen (secondary N) is 1. The highest BCUT2D eigenvalue weighted by Gasteiger charge is 2.28. The molecule has 9 heteroatoms. The number of amides is 3. The number of carboxylic acid groups (broad SMARTS) is 1. The molecule has 1 aromatic rings. The van der Waals surface area contributed by atoms with Gasteiger partial charge in [0.1, 0.15) is 5.75 Å². The second-order valence-electron chi connectivity index (χ2n) is 6.26. The van der Waals surface area contributed by atoms with E-state index in [0.717, 1.165) is 0 Å². The van der Waals surface area contributed by atoms with E-state index in [0.29, 0.717) is 31.6 Å². The highest BCUT2D eigenvalue weighted by Crippen LogP contribution is 2.28. The molecule has 1 aromatic carbocycles. The first-order valence-corrected chi connectivity index (χ1v) is 8.57. The molecule has 0 spiro atoms. The van der Waals surface area contributed by atoms with Gasteiger partial charge in [-0.05, 0) is 31.0 Å². The van der Waals surface area contributed by atoms with Crippen LogP contribution in [0.25, 0.3) is 0 Å².